The zero-order chi connectivity index (χ0) is 24.5. The van der Waals surface area contributed by atoms with E-state index < -0.39 is 6.10 Å². The topological polar surface area (TPSA) is 81.6 Å². The van der Waals surface area contributed by atoms with E-state index in [-0.39, 0.29) is 18.2 Å². The predicted molar refractivity (Wildman–Crippen MR) is 135 cm³/mol. The maximum absolute atomic E-state index is 13.1. The van der Waals surface area contributed by atoms with E-state index in [0.717, 1.165) is 26.8 Å². The Labute approximate surface area is 207 Å². The number of anilines is 1. The molecule has 35 heavy (non-hydrogen) atoms. The standard InChI is InChI=1S/C27H23N3O4S/c1-16-27(32)30(15-23(31)18-7-6-8-20(13-18)33-3)22-14-19(10-11-24(22)34-16)25-17(2)35-26(29-25)21-9-4-5-12-28-21/h4-14,16H,15H2,1-3H3. The number of rotatable bonds is 6. The third kappa shape index (κ3) is 4.40. The fourth-order valence-corrected chi connectivity index (χ4v) is 4.92. The van der Waals surface area contributed by atoms with Gasteiger partial charge in [0, 0.05) is 22.2 Å². The normalized spacial score (nSPS) is 14.9. The van der Waals surface area contributed by atoms with Crippen LogP contribution in [0.25, 0.3) is 22.0 Å². The van der Waals surface area contributed by atoms with E-state index in [1.165, 1.54) is 4.90 Å². The Morgan fingerprint density at radius 3 is 2.77 bits per heavy atom. The molecule has 0 bridgehead atoms. The lowest BCUT2D eigenvalue weighted by Gasteiger charge is -2.33. The monoisotopic (exact) mass is 485 g/mol. The third-order valence-corrected chi connectivity index (χ3v) is 6.81. The van der Waals surface area contributed by atoms with Gasteiger partial charge in [-0.2, -0.15) is 0 Å². The Hall–Kier alpha value is -4.04. The number of amides is 1. The molecule has 1 atom stereocenters. The maximum Gasteiger partial charge on any atom is 0.268 e. The van der Waals surface area contributed by atoms with Crippen molar-refractivity contribution in [2.75, 3.05) is 18.6 Å². The number of Topliss-reactive ketones (excluding diaryl/α,β-unsaturated/α-hetero) is 1. The van der Waals surface area contributed by atoms with Crippen LogP contribution < -0.4 is 14.4 Å². The minimum Gasteiger partial charge on any atom is -0.497 e. The number of aryl methyl sites for hydroxylation is 1. The molecule has 5 rings (SSSR count). The summed E-state index contributed by atoms with van der Waals surface area (Å²) >= 11 is 1.56. The maximum atomic E-state index is 13.1. The lowest BCUT2D eigenvalue weighted by Crippen LogP contribution is -2.46. The number of hydrogen-bond acceptors (Lipinski definition) is 7. The Kier molecular flexibility index (Phi) is 6.05. The number of carbonyl (C=O) groups is 2. The van der Waals surface area contributed by atoms with Crippen molar-refractivity contribution in [3.8, 4) is 33.5 Å². The zero-order valence-electron chi connectivity index (χ0n) is 19.5. The second-order valence-corrected chi connectivity index (χ2v) is 9.36. The molecule has 176 valence electrons. The summed E-state index contributed by atoms with van der Waals surface area (Å²) in [7, 11) is 1.55. The first kappa shape index (κ1) is 22.7. The average molecular weight is 486 g/mol. The molecule has 0 saturated heterocycles. The molecular weight excluding hydrogens is 462 g/mol. The fourth-order valence-electron chi connectivity index (χ4n) is 4.01. The number of aromatic nitrogens is 2. The quantitative estimate of drug-likeness (QED) is 0.350. The van der Waals surface area contributed by atoms with Gasteiger partial charge in [-0.25, -0.2) is 4.98 Å². The van der Waals surface area contributed by atoms with Crippen molar-refractivity contribution in [3.63, 3.8) is 0 Å². The van der Waals surface area contributed by atoms with Gasteiger partial charge in [-0.05, 0) is 56.3 Å². The van der Waals surface area contributed by atoms with Gasteiger partial charge in [0.1, 0.15) is 16.5 Å². The molecule has 0 radical (unpaired) electrons. The summed E-state index contributed by atoms with van der Waals surface area (Å²) in [5.74, 6) is 0.681. The molecule has 1 aliphatic rings. The second kappa shape index (κ2) is 9.31. The molecule has 7 nitrogen and oxygen atoms in total. The summed E-state index contributed by atoms with van der Waals surface area (Å²) in [6.07, 6.45) is 1.05. The first-order valence-electron chi connectivity index (χ1n) is 11.1. The molecule has 1 amide bonds. The third-order valence-electron chi connectivity index (χ3n) is 5.81. The summed E-state index contributed by atoms with van der Waals surface area (Å²) in [4.78, 5) is 37.9. The number of ether oxygens (including phenoxy) is 2. The van der Waals surface area contributed by atoms with E-state index >= 15 is 0 Å². The number of benzene rings is 2. The minimum atomic E-state index is -0.691. The molecule has 1 aliphatic heterocycles. The number of pyridine rings is 1. The minimum absolute atomic E-state index is 0.106. The number of nitrogens with zero attached hydrogens (tertiary/aromatic N) is 3. The summed E-state index contributed by atoms with van der Waals surface area (Å²) in [6, 6.07) is 18.3. The zero-order valence-corrected chi connectivity index (χ0v) is 20.3. The molecule has 0 fully saturated rings. The van der Waals surface area contributed by atoms with Gasteiger partial charge in [0.2, 0.25) is 0 Å². The van der Waals surface area contributed by atoms with E-state index in [2.05, 4.69) is 4.98 Å². The molecule has 0 saturated carbocycles. The van der Waals surface area contributed by atoms with E-state index in [1.807, 2.05) is 43.3 Å². The predicted octanol–water partition coefficient (Wildman–Crippen LogP) is 5.19. The van der Waals surface area contributed by atoms with Crippen LogP contribution in [0.15, 0.2) is 66.9 Å². The van der Waals surface area contributed by atoms with Gasteiger partial charge in [-0.15, -0.1) is 11.3 Å². The van der Waals surface area contributed by atoms with E-state index in [4.69, 9.17) is 14.5 Å². The number of ketones is 1. The van der Waals surface area contributed by atoms with Gasteiger partial charge in [0.25, 0.3) is 5.91 Å². The van der Waals surface area contributed by atoms with Gasteiger partial charge < -0.3 is 9.47 Å². The number of hydrogen-bond donors (Lipinski definition) is 0. The van der Waals surface area contributed by atoms with Gasteiger partial charge in [-0.3, -0.25) is 19.5 Å². The Morgan fingerprint density at radius 1 is 1.14 bits per heavy atom. The molecule has 0 aliphatic carbocycles. The van der Waals surface area contributed by atoms with Crippen molar-refractivity contribution >= 4 is 28.7 Å². The summed E-state index contributed by atoms with van der Waals surface area (Å²) in [6.45, 7) is 3.59. The van der Waals surface area contributed by atoms with Crippen molar-refractivity contribution in [3.05, 3.63) is 77.3 Å². The van der Waals surface area contributed by atoms with Crippen LogP contribution in [0.2, 0.25) is 0 Å². The highest BCUT2D eigenvalue weighted by atomic mass is 32.1. The number of fused-ring (bicyclic) bond motifs is 1. The lowest BCUT2D eigenvalue weighted by atomic mass is 10.1. The fraction of sp³-hybridized carbons (Fsp3) is 0.185. The summed E-state index contributed by atoms with van der Waals surface area (Å²) in [5.41, 5.74) is 3.48. The molecule has 2 aromatic heterocycles. The van der Waals surface area contributed by atoms with Crippen molar-refractivity contribution in [2.24, 2.45) is 0 Å². The molecule has 4 aromatic rings. The summed E-state index contributed by atoms with van der Waals surface area (Å²) < 4.78 is 11.1. The molecule has 2 aromatic carbocycles. The largest absolute Gasteiger partial charge is 0.497 e. The van der Waals surface area contributed by atoms with Crippen LogP contribution in [0.5, 0.6) is 11.5 Å². The van der Waals surface area contributed by atoms with Crippen LogP contribution >= 0.6 is 11.3 Å². The van der Waals surface area contributed by atoms with Crippen molar-refractivity contribution in [1.82, 2.24) is 9.97 Å². The molecule has 0 spiro atoms. The van der Waals surface area contributed by atoms with Gasteiger partial charge in [0.05, 0.1) is 30.7 Å². The summed E-state index contributed by atoms with van der Waals surface area (Å²) in [5, 5.41) is 0.821. The Balaban J connectivity index is 1.50. The van der Waals surface area contributed by atoms with Crippen LogP contribution in [0.3, 0.4) is 0 Å². The van der Waals surface area contributed by atoms with Crippen molar-refractivity contribution in [1.29, 1.82) is 0 Å². The highest BCUT2D eigenvalue weighted by Crippen LogP contribution is 2.40. The Bertz CT molecular complexity index is 1420. The number of methoxy groups -OCH3 is 1. The molecule has 3 heterocycles. The van der Waals surface area contributed by atoms with Crippen LogP contribution in [0.1, 0.15) is 22.2 Å². The molecule has 1 unspecified atom stereocenters. The van der Waals surface area contributed by atoms with E-state index in [1.54, 1.807) is 55.8 Å². The number of thiazole rings is 1. The van der Waals surface area contributed by atoms with Crippen LogP contribution in [0, 0.1) is 6.92 Å². The lowest BCUT2D eigenvalue weighted by molar-refractivity contribution is -0.125. The van der Waals surface area contributed by atoms with Crippen LogP contribution in [-0.4, -0.2) is 41.4 Å². The number of carbonyl (C=O) groups excluding carboxylic acids is 2. The Morgan fingerprint density at radius 2 is 2.00 bits per heavy atom. The molecule has 8 heteroatoms. The van der Waals surface area contributed by atoms with E-state index in [9.17, 15) is 9.59 Å². The molecular formula is C27H23N3O4S. The van der Waals surface area contributed by atoms with Gasteiger partial charge in [0.15, 0.2) is 11.9 Å². The van der Waals surface area contributed by atoms with Crippen LogP contribution in [-0.2, 0) is 4.79 Å². The van der Waals surface area contributed by atoms with E-state index in [0.29, 0.717) is 22.7 Å². The smallest absolute Gasteiger partial charge is 0.268 e. The average Bonchev–Trinajstić information content (AvgIpc) is 3.28. The SMILES string of the molecule is COc1cccc(C(=O)CN2C(=O)C(C)Oc3ccc(-c4nc(-c5ccccn5)sc4C)cc32)c1. The van der Waals surface area contributed by atoms with Gasteiger partial charge in [-0.1, -0.05) is 18.2 Å². The highest BCUT2D eigenvalue weighted by molar-refractivity contribution is 7.15. The van der Waals surface area contributed by atoms with Gasteiger partial charge >= 0.3 is 0 Å². The van der Waals surface area contributed by atoms with Crippen molar-refractivity contribution < 1.29 is 19.1 Å². The van der Waals surface area contributed by atoms with Crippen LogP contribution in [0.4, 0.5) is 5.69 Å². The second-order valence-electron chi connectivity index (χ2n) is 8.16. The highest BCUT2D eigenvalue weighted by Gasteiger charge is 2.33. The first-order valence-corrected chi connectivity index (χ1v) is 11.9. The van der Waals surface area contributed by atoms with Crippen molar-refractivity contribution in [2.45, 2.75) is 20.0 Å². The first-order chi connectivity index (χ1) is 16.9. The molecule has 0 N–H and O–H groups in total.